The number of aliphatic hydroxyl groups is 1. The van der Waals surface area contributed by atoms with Crippen molar-refractivity contribution >= 4 is 5.91 Å². The molecule has 1 fully saturated rings. The summed E-state index contributed by atoms with van der Waals surface area (Å²) < 4.78 is 0. The van der Waals surface area contributed by atoms with Crippen LogP contribution in [0.15, 0.2) is 54.9 Å². The second-order valence-electron chi connectivity index (χ2n) is 6.51. The van der Waals surface area contributed by atoms with Crippen LogP contribution < -0.4 is 0 Å². The van der Waals surface area contributed by atoms with E-state index in [4.69, 9.17) is 0 Å². The summed E-state index contributed by atoms with van der Waals surface area (Å²) >= 11 is 0. The number of hydrogen-bond donors (Lipinski definition) is 1. The summed E-state index contributed by atoms with van der Waals surface area (Å²) in [5, 5.41) is 10.5. The molecule has 1 saturated heterocycles. The van der Waals surface area contributed by atoms with Crippen molar-refractivity contribution in [2.75, 3.05) is 13.1 Å². The first kappa shape index (κ1) is 16.7. The number of carbonyl (C=O) groups excluding carboxylic acids is 1. The molecule has 1 aliphatic heterocycles. The molecule has 0 spiro atoms. The number of benzene rings is 1. The summed E-state index contributed by atoms with van der Waals surface area (Å²) in [5.74, 6) is 0.437. The summed E-state index contributed by atoms with van der Waals surface area (Å²) in [6, 6.07) is 13.9. The maximum Gasteiger partial charge on any atom is 0.226 e. The highest BCUT2D eigenvalue weighted by molar-refractivity contribution is 5.78. The van der Waals surface area contributed by atoms with Crippen molar-refractivity contribution in [3.05, 3.63) is 66.0 Å². The number of piperidine rings is 1. The lowest BCUT2D eigenvalue weighted by molar-refractivity contribution is -0.132. The number of aromatic nitrogens is 1. The molecule has 4 nitrogen and oxygen atoms in total. The largest absolute Gasteiger partial charge is 0.392 e. The number of rotatable bonds is 5. The molecule has 1 aromatic carbocycles. The molecule has 0 saturated carbocycles. The van der Waals surface area contributed by atoms with E-state index >= 15 is 0 Å². The van der Waals surface area contributed by atoms with Gasteiger partial charge in [0.25, 0.3) is 0 Å². The molecule has 126 valence electrons. The highest BCUT2D eigenvalue weighted by Crippen LogP contribution is 2.23. The predicted molar refractivity (Wildman–Crippen MR) is 93.4 cm³/mol. The van der Waals surface area contributed by atoms with Gasteiger partial charge < -0.3 is 10.0 Å². The first-order valence-electron chi connectivity index (χ1n) is 8.61. The number of carbonyl (C=O) groups is 1. The van der Waals surface area contributed by atoms with Gasteiger partial charge in [-0.2, -0.15) is 0 Å². The lowest BCUT2D eigenvalue weighted by Crippen LogP contribution is -2.42. The average molecular weight is 324 g/mol. The van der Waals surface area contributed by atoms with Crippen LogP contribution in [0.4, 0.5) is 0 Å². The van der Waals surface area contributed by atoms with E-state index in [-0.39, 0.29) is 17.9 Å². The number of nitrogens with zero attached hydrogens (tertiary/aromatic N) is 2. The molecule has 24 heavy (non-hydrogen) atoms. The quantitative estimate of drug-likeness (QED) is 0.919. The van der Waals surface area contributed by atoms with Crippen LogP contribution in [0, 0.1) is 5.92 Å². The van der Waals surface area contributed by atoms with Crippen molar-refractivity contribution in [3.8, 4) is 0 Å². The topological polar surface area (TPSA) is 53.4 Å². The molecule has 2 heterocycles. The van der Waals surface area contributed by atoms with E-state index in [2.05, 4.69) is 17.1 Å². The van der Waals surface area contributed by atoms with Crippen LogP contribution in [0.25, 0.3) is 0 Å². The maximum absolute atomic E-state index is 12.4. The Balaban J connectivity index is 1.47. The van der Waals surface area contributed by atoms with Gasteiger partial charge in [-0.25, -0.2) is 0 Å². The average Bonchev–Trinajstić information content (AvgIpc) is 2.63. The van der Waals surface area contributed by atoms with Crippen LogP contribution in [-0.4, -0.2) is 40.1 Å². The third kappa shape index (κ3) is 4.42. The second kappa shape index (κ2) is 8.06. The van der Waals surface area contributed by atoms with E-state index in [0.717, 1.165) is 31.5 Å². The molecule has 0 aliphatic carbocycles. The second-order valence-corrected chi connectivity index (χ2v) is 6.51. The minimum absolute atomic E-state index is 0.164. The van der Waals surface area contributed by atoms with Crippen LogP contribution in [-0.2, 0) is 17.6 Å². The van der Waals surface area contributed by atoms with Crippen molar-refractivity contribution in [1.29, 1.82) is 0 Å². The van der Waals surface area contributed by atoms with Crippen LogP contribution in [0.1, 0.15) is 24.0 Å². The predicted octanol–water partition coefficient (Wildman–Crippen LogP) is 2.47. The summed E-state index contributed by atoms with van der Waals surface area (Å²) in [5.41, 5.74) is 2.17. The fourth-order valence-electron chi connectivity index (χ4n) is 3.34. The zero-order valence-electron chi connectivity index (χ0n) is 13.8. The minimum Gasteiger partial charge on any atom is -0.392 e. The molecule has 0 unspecified atom stereocenters. The lowest BCUT2D eigenvalue weighted by atomic mass is 9.88. The standard InChI is InChI=1S/C20H24N2O2/c23-19(14-16-4-2-1-3-5-16)18-8-12-22(13-9-18)20(24)15-17-6-10-21-11-7-17/h1-7,10-11,18-19,23H,8-9,12-15H2/t19-/m1/s1. The van der Waals surface area contributed by atoms with Gasteiger partial charge in [0.05, 0.1) is 12.5 Å². The smallest absolute Gasteiger partial charge is 0.226 e. The number of amides is 1. The molecule has 1 amide bonds. The van der Waals surface area contributed by atoms with Crippen molar-refractivity contribution < 1.29 is 9.90 Å². The van der Waals surface area contributed by atoms with E-state index < -0.39 is 0 Å². The zero-order chi connectivity index (χ0) is 16.8. The van der Waals surface area contributed by atoms with Gasteiger partial charge in [-0.3, -0.25) is 9.78 Å². The molecule has 1 atom stereocenters. The normalized spacial score (nSPS) is 16.8. The van der Waals surface area contributed by atoms with Crippen LogP contribution in [0.5, 0.6) is 0 Å². The van der Waals surface area contributed by atoms with Gasteiger partial charge in [-0.15, -0.1) is 0 Å². The Morgan fingerprint density at radius 3 is 2.42 bits per heavy atom. The van der Waals surface area contributed by atoms with Gasteiger partial charge in [-0.05, 0) is 48.4 Å². The summed E-state index contributed by atoms with van der Waals surface area (Å²) in [6.07, 6.45) is 5.97. The highest BCUT2D eigenvalue weighted by atomic mass is 16.3. The SMILES string of the molecule is O=C(Cc1ccncc1)N1CCC([C@H](O)Cc2ccccc2)CC1. The maximum atomic E-state index is 12.4. The van der Waals surface area contributed by atoms with E-state index in [1.165, 1.54) is 5.56 Å². The van der Waals surface area contributed by atoms with Crippen LogP contribution in [0.2, 0.25) is 0 Å². The van der Waals surface area contributed by atoms with E-state index in [9.17, 15) is 9.90 Å². The Labute approximate surface area is 143 Å². The Kier molecular flexibility index (Phi) is 5.59. The monoisotopic (exact) mass is 324 g/mol. The van der Waals surface area contributed by atoms with E-state index in [1.54, 1.807) is 12.4 Å². The fraction of sp³-hybridized carbons (Fsp3) is 0.400. The molecule has 2 aromatic rings. The molecule has 3 rings (SSSR count). The van der Waals surface area contributed by atoms with Gasteiger partial charge >= 0.3 is 0 Å². The van der Waals surface area contributed by atoms with Crippen molar-refractivity contribution in [3.63, 3.8) is 0 Å². The number of aliphatic hydroxyl groups excluding tert-OH is 1. The summed E-state index contributed by atoms with van der Waals surface area (Å²) in [6.45, 7) is 1.47. The van der Waals surface area contributed by atoms with Gasteiger partial charge in [0.2, 0.25) is 5.91 Å². The van der Waals surface area contributed by atoms with Crippen molar-refractivity contribution in [1.82, 2.24) is 9.88 Å². The van der Waals surface area contributed by atoms with Gasteiger partial charge in [-0.1, -0.05) is 30.3 Å². The van der Waals surface area contributed by atoms with Gasteiger partial charge in [0.1, 0.15) is 0 Å². The van der Waals surface area contributed by atoms with E-state index in [1.807, 2.05) is 35.2 Å². The van der Waals surface area contributed by atoms with E-state index in [0.29, 0.717) is 12.8 Å². The Morgan fingerprint density at radius 1 is 1.08 bits per heavy atom. The number of pyridine rings is 1. The van der Waals surface area contributed by atoms with Crippen molar-refractivity contribution in [2.45, 2.75) is 31.8 Å². The van der Waals surface area contributed by atoms with Gasteiger partial charge in [0, 0.05) is 25.5 Å². The molecule has 0 radical (unpaired) electrons. The Hall–Kier alpha value is -2.20. The fourth-order valence-corrected chi connectivity index (χ4v) is 3.34. The summed E-state index contributed by atoms with van der Waals surface area (Å²) in [4.78, 5) is 18.3. The Bertz CT molecular complexity index is 637. The minimum atomic E-state index is -0.329. The molecule has 4 heteroatoms. The highest BCUT2D eigenvalue weighted by Gasteiger charge is 2.27. The molecular weight excluding hydrogens is 300 g/mol. The third-order valence-electron chi connectivity index (χ3n) is 4.83. The van der Waals surface area contributed by atoms with Gasteiger partial charge in [0.15, 0.2) is 0 Å². The molecule has 1 aromatic heterocycles. The third-order valence-corrected chi connectivity index (χ3v) is 4.83. The molecular formula is C20H24N2O2. The zero-order valence-corrected chi connectivity index (χ0v) is 13.8. The van der Waals surface area contributed by atoms with Crippen LogP contribution in [0.3, 0.4) is 0 Å². The van der Waals surface area contributed by atoms with Crippen LogP contribution >= 0.6 is 0 Å². The Morgan fingerprint density at radius 2 is 1.75 bits per heavy atom. The molecule has 0 bridgehead atoms. The molecule has 1 N–H and O–H groups in total. The number of likely N-dealkylation sites (tertiary alicyclic amines) is 1. The van der Waals surface area contributed by atoms with Crippen molar-refractivity contribution in [2.24, 2.45) is 5.92 Å². The lowest BCUT2D eigenvalue weighted by Gasteiger charge is -2.34. The number of hydrogen-bond acceptors (Lipinski definition) is 3. The first-order valence-corrected chi connectivity index (χ1v) is 8.61. The molecule has 1 aliphatic rings. The summed E-state index contributed by atoms with van der Waals surface area (Å²) in [7, 11) is 0. The first-order chi connectivity index (χ1) is 11.7.